The summed E-state index contributed by atoms with van der Waals surface area (Å²) in [4.78, 5) is 6.97. The summed E-state index contributed by atoms with van der Waals surface area (Å²) in [5.41, 5.74) is 1.40. The molecule has 2 aromatic heterocycles. The first-order valence-electron chi connectivity index (χ1n) is 5.05. The van der Waals surface area contributed by atoms with Gasteiger partial charge in [-0.1, -0.05) is 5.16 Å². The molecule has 2 heterocycles. The van der Waals surface area contributed by atoms with Crippen molar-refractivity contribution in [2.45, 2.75) is 12.7 Å². The van der Waals surface area contributed by atoms with E-state index in [9.17, 15) is 13.2 Å². The highest BCUT2D eigenvalue weighted by Gasteiger charge is 2.33. The predicted octanol–water partition coefficient (Wildman–Crippen LogP) is 1.38. The predicted molar refractivity (Wildman–Crippen MR) is 58.7 cm³/mol. The normalized spacial score (nSPS) is 11.4. The minimum absolute atomic E-state index is 0.0294. The summed E-state index contributed by atoms with van der Waals surface area (Å²) in [6.07, 6.45) is -3.23. The fraction of sp³-hybridized carbons (Fsp3) is 0.222. The van der Waals surface area contributed by atoms with Gasteiger partial charge in [0.1, 0.15) is 17.8 Å². The molecule has 0 aliphatic carbocycles. The topological polar surface area (TPSA) is 102 Å². The van der Waals surface area contributed by atoms with E-state index in [1.54, 1.807) is 6.07 Å². The van der Waals surface area contributed by atoms with Gasteiger partial charge < -0.3 is 9.84 Å². The molecule has 0 radical (unpaired) electrons. The van der Waals surface area contributed by atoms with Gasteiger partial charge in [-0.3, -0.25) is 5.43 Å². The van der Waals surface area contributed by atoms with E-state index in [1.807, 2.05) is 5.43 Å². The molecular weight excluding hydrogens is 265 g/mol. The van der Waals surface area contributed by atoms with Crippen LogP contribution >= 0.6 is 0 Å². The van der Waals surface area contributed by atoms with E-state index in [1.165, 1.54) is 6.26 Å². The standard InChI is InChI=1S/C9H9F3N6O/c10-9(11,12)6-3-7(16-8(15-6)17-13)14-4-5-1-2-19-18-5/h1-3H,4,13H2,(H2,14,15,16,17). The van der Waals surface area contributed by atoms with E-state index in [0.717, 1.165) is 6.07 Å². The first-order chi connectivity index (χ1) is 8.99. The van der Waals surface area contributed by atoms with E-state index in [0.29, 0.717) is 5.69 Å². The van der Waals surface area contributed by atoms with Gasteiger partial charge in [-0.15, -0.1) is 0 Å². The van der Waals surface area contributed by atoms with Crippen LogP contribution in [0.5, 0.6) is 0 Å². The van der Waals surface area contributed by atoms with Gasteiger partial charge in [-0.05, 0) is 0 Å². The molecule has 0 saturated carbocycles. The van der Waals surface area contributed by atoms with Crippen LogP contribution < -0.4 is 16.6 Å². The molecule has 4 N–H and O–H groups in total. The molecule has 0 aliphatic heterocycles. The van der Waals surface area contributed by atoms with Gasteiger partial charge in [0.25, 0.3) is 0 Å². The Morgan fingerprint density at radius 2 is 2.11 bits per heavy atom. The Labute approximate surface area is 105 Å². The monoisotopic (exact) mass is 274 g/mol. The molecule has 0 fully saturated rings. The van der Waals surface area contributed by atoms with Crippen LogP contribution in [-0.2, 0) is 12.7 Å². The minimum Gasteiger partial charge on any atom is -0.364 e. The van der Waals surface area contributed by atoms with Crippen molar-refractivity contribution in [1.82, 2.24) is 15.1 Å². The maximum Gasteiger partial charge on any atom is 0.433 e. The number of hydrogen-bond donors (Lipinski definition) is 3. The zero-order valence-corrected chi connectivity index (χ0v) is 9.40. The minimum atomic E-state index is -4.58. The lowest BCUT2D eigenvalue weighted by molar-refractivity contribution is -0.141. The summed E-state index contributed by atoms with van der Waals surface area (Å²) >= 11 is 0. The van der Waals surface area contributed by atoms with Crippen LogP contribution in [0.1, 0.15) is 11.4 Å². The molecule has 0 aromatic carbocycles. The SMILES string of the molecule is NNc1nc(NCc2ccon2)cc(C(F)(F)F)n1. The number of nitrogens with zero attached hydrogens (tertiary/aromatic N) is 3. The van der Waals surface area contributed by atoms with Crippen molar-refractivity contribution in [2.24, 2.45) is 5.84 Å². The van der Waals surface area contributed by atoms with Gasteiger partial charge in [-0.2, -0.15) is 18.2 Å². The molecule has 2 aromatic rings. The van der Waals surface area contributed by atoms with E-state index >= 15 is 0 Å². The summed E-state index contributed by atoms with van der Waals surface area (Å²) in [7, 11) is 0. The molecule has 7 nitrogen and oxygen atoms in total. The third-order valence-electron chi connectivity index (χ3n) is 2.09. The van der Waals surface area contributed by atoms with Crippen LogP contribution in [0.25, 0.3) is 0 Å². The number of hydrazine groups is 1. The fourth-order valence-electron chi connectivity index (χ4n) is 1.26. The van der Waals surface area contributed by atoms with Crippen LogP contribution in [0.3, 0.4) is 0 Å². The van der Waals surface area contributed by atoms with Gasteiger partial charge in [0, 0.05) is 12.1 Å². The van der Waals surface area contributed by atoms with Crippen molar-refractivity contribution in [2.75, 3.05) is 10.7 Å². The summed E-state index contributed by atoms with van der Waals surface area (Å²) in [6.45, 7) is 0.162. The highest BCUT2D eigenvalue weighted by molar-refractivity contribution is 5.42. The zero-order chi connectivity index (χ0) is 13.9. The molecule has 2 rings (SSSR count). The van der Waals surface area contributed by atoms with Crippen molar-refractivity contribution in [3.05, 3.63) is 29.8 Å². The molecular formula is C9H9F3N6O. The van der Waals surface area contributed by atoms with Crippen LogP contribution in [-0.4, -0.2) is 15.1 Å². The molecule has 0 unspecified atom stereocenters. The van der Waals surface area contributed by atoms with Crippen molar-refractivity contribution in [3.63, 3.8) is 0 Å². The number of aromatic nitrogens is 3. The first-order valence-corrected chi connectivity index (χ1v) is 5.05. The molecule has 102 valence electrons. The van der Waals surface area contributed by atoms with Crippen molar-refractivity contribution >= 4 is 11.8 Å². The first kappa shape index (κ1) is 13.1. The van der Waals surface area contributed by atoms with Gasteiger partial charge >= 0.3 is 6.18 Å². The molecule has 0 atom stereocenters. The number of halogens is 3. The van der Waals surface area contributed by atoms with E-state index in [2.05, 4.69) is 25.0 Å². The highest BCUT2D eigenvalue weighted by Crippen LogP contribution is 2.29. The Balaban J connectivity index is 2.19. The summed E-state index contributed by atoms with van der Waals surface area (Å²) in [5, 5.41) is 6.27. The number of nitrogen functional groups attached to an aromatic ring is 1. The maximum absolute atomic E-state index is 12.6. The highest BCUT2D eigenvalue weighted by atomic mass is 19.4. The quantitative estimate of drug-likeness (QED) is 0.571. The third kappa shape index (κ3) is 3.31. The van der Waals surface area contributed by atoms with Gasteiger partial charge in [0.05, 0.1) is 6.54 Å². The lowest BCUT2D eigenvalue weighted by Gasteiger charge is -2.10. The molecule has 0 spiro atoms. The number of nitrogens with one attached hydrogen (secondary N) is 2. The lowest BCUT2D eigenvalue weighted by atomic mass is 10.3. The molecule has 0 amide bonds. The smallest absolute Gasteiger partial charge is 0.364 e. The van der Waals surface area contributed by atoms with Gasteiger partial charge in [0.15, 0.2) is 5.69 Å². The van der Waals surface area contributed by atoms with E-state index in [4.69, 9.17) is 5.84 Å². The number of anilines is 2. The average molecular weight is 274 g/mol. The van der Waals surface area contributed by atoms with Crippen molar-refractivity contribution < 1.29 is 17.7 Å². The summed E-state index contributed by atoms with van der Waals surface area (Å²) in [5.74, 6) is 4.66. The van der Waals surface area contributed by atoms with Crippen molar-refractivity contribution in [3.8, 4) is 0 Å². The summed E-state index contributed by atoms with van der Waals surface area (Å²) in [6, 6.07) is 2.35. The second kappa shape index (κ2) is 5.10. The van der Waals surface area contributed by atoms with Gasteiger partial charge in [-0.25, -0.2) is 10.8 Å². The van der Waals surface area contributed by atoms with Crippen LogP contribution in [0.2, 0.25) is 0 Å². The Kier molecular flexibility index (Phi) is 3.51. The van der Waals surface area contributed by atoms with Crippen LogP contribution in [0.4, 0.5) is 24.9 Å². The van der Waals surface area contributed by atoms with Crippen molar-refractivity contribution in [1.29, 1.82) is 0 Å². The third-order valence-corrected chi connectivity index (χ3v) is 2.09. The molecule has 0 aliphatic rings. The second-order valence-corrected chi connectivity index (χ2v) is 3.45. The molecule has 19 heavy (non-hydrogen) atoms. The van der Waals surface area contributed by atoms with E-state index in [-0.39, 0.29) is 18.3 Å². The maximum atomic E-state index is 12.6. The largest absolute Gasteiger partial charge is 0.433 e. The van der Waals surface area contributed by atoms with E-state index < -0.39 is 11.9 Å². The average Bonchev–Trinajstić information content (AvgIpc) is 2.88. The Hall–Kier alpha value is -2.36. The number of hydrogen-bond acceptors (Lipinski definition) is 7. The zero-order valence-electron chi connectivity index (χ0n) is 9.40. The Morgan fingerprint density at radius 1 is 1.32 bits per heavy atom. The number of rotatable bonds is 4. The fourth-order valence-corrected chi connectivity index (χ4v) is 1.26. The second-order valence-electron chi connectivity index (χ2n) is 3.45. The number of alkyl halides is 3. The summed E-state index contributed by atoms with van der Waals surface area (Å²) < 4.78 is 42.3. The molecule has 10 heteroatoms. The van der Waals surface area contributed by atoms with Crippen LogP contribution in [0.15, 0.2) is 22.9 Å². The Morgan fingerprint density at radius 3 is 2.68 bits per heavy atom. The molecule has 0 saturated heterocycles. The van der Waals surface area contributed by atoms with Gasteiger partial charge in [0.2, 0.25) is 5.95 Å². The lowest BCUT2D eigenvalue weighted by Crippen LogP contribution is -2.16. The number of nitrogens with two attached hydrogens (primary N) is 1. The van der Waals surface area contributed by atoms with Crippen LogP contribution in [0, 0.1) is 0 Å². The molecule has 0 bridgehead atoms. The Bertz CT molecular complexity index is 541.